The molecule has 0 bridgehead atoms. The average molecular weight is 452 g/mol. The molecule has 1 aliphatic heterocycles. The number of amides is 1. The molecule has 0 atom stereocenters. The van der Waals surface area contributed by atoms with Gasteiger partial charge in [0.15, 0.2) is 11.6 Å². The zero-order valence-electron chi connectivity index (χ0n) is 17.5. The van der Waals surface area contributed by atoms with Gasteiger partial charge in [-0.15, -0.1) is 0 Å². The second kappa shape index (κ2) is 10.2. The first-order valence-corrected chi connectivity index (χ1v) is 12.1. The fourth-order valence-corrected chi connectivity index (χ4v) is 4.61. The SMILES string of the molecule is CS(=O)(=O)N(CCCC(=O)N1CCN(Cc2ccccc2)CC1)c1ccc(F)c(F)c1. The Morgan fingerprint density at radius 2 is 1.68 bits per heavy atom. The van der Waals surface area contributed by atoms with Crippen LogP contribution in [0.1, 0.15) is 18.4 Å². The monoisotopic (exact) mass is 451 g/mol. The van der Waals surface area contributed by atoms with Gasteiger partial charge in [0, 0.05) is 51.8 Å². The second-order valence-electron chi connectivity index (χ2n) is 7.68. The van der Waals surface area contributed by atoms with E-state index in [9.17, 15) is 22.0 Å². The summed E-state index contributed by atoms with van der Waals surface area (Å²) < 4.78 is 51.9. The molecule has 2 aromatic rings. The molecule has 31 heavy (non-hydrogen) atoms. The van der Waals surface area contributed by atoms with Crippen molar-refractivity contribution in [2.24, 2.45) is 0 Å². The zero-order valence-corrected chi connectivity index (χ0v) is 18.3. The van der Waals surface area contributed by atoms with Gasteiger partial charge in [-0.25, -0.2) is 17.2 Å². The summed E-state index contributed by atoms with van der Waals surface area (Å²) in [6.07, 6.45) is 1.48. The lowest BCUT2D eigenvalue weighted by molar-refractivity contribution is -0.133. The van der Waals surface area contributed by atoms with Gasteiger partial charge in [0.05, 0.1) is 11.9 Å². The van der Waals surface area contributed by atoms with Crippen LogP contribution in [0.3, 0.4) is 0 Å². The number of benzene rings is 2. The lowest BCUT2D eigenvalue weighted by Gasteiger charge is -2.35. The Labute approximate surface area is 182 Å². The maximum atomic E-state index is 13.5. The molecular formula is C22H27F2N3O3S. The van der Waals surface area contributed by atoms with Crippen molar-refractivity contribution in [1.82, 2.24) is 9.80 Å². The van der Waals surface area contributed by atoms with Crippen LogP contribution in [0.2, 0.25) is 0 Å². The Hall–Kier alpha value is -2.52. The molecule has 0 aromatic heterocycles. The first-order chi connectivity index (χ1) is 14.7. The summed E-state index contributed by atoms with van der Waals surface area (Å²) in [6, 6.07) is 13.1. The van der Waals surface area contributed by atoms with Gasteiger partial charge < -0.3 is 4.90 Å². The summed E-state index contributed by atoms with van der Waals surface area (Å²) in [5, 5.41) is 0. The van der Waals surface area contributed by atoms with E-state index in [2.05, 4.69) is 17.0 Å². The number of rotatable bonds is 8. The van der Waals surface area contributed by atoms with Crippen molar-refractivity contribution in [3.63, 3.8) is 0 Å². The van der Waals surface area contributed by atoms with Crippen molar-refractivity contribution in [2.45, 2.75) is 19.4 Å². The third-order valence-electron chi connectivity index (χ3n) is 5.32. The van der Waals surface area contributed by atoms with Crippen LogP contribution in [0.5, 0.6) is 0 Å². The van der Waals surface area contributed by atoms with E-state index in [1.807, 2.05) is 18.2 Å². The first-order valence-electron chi connectivity index (χ1n) is 10.2. The Kier molecular flexibility index (Phi) is 7.61. The van der Waals surface area contributed by atoms with Gasteiger partial charge in [0.2, 0.25) is 15.9 Å². The number of sulfonamides is 1. The fourth-order valence-electron chi connectivity index (χ4n) is 3.66. The van der Waals surface area contributed by atoms with Crippen LogP contribution in [0.15, 0.2) is 48.5 Å². The number of hydrogen-bond acceptors (Lipinski definition) is 4. The summed E-state index contributed by atoms with van der Waals surface area (Å²) in [5.41, 5.74) is 1.28. The molecule has 0 N–H and O–H groups in total. The maximum absolute atomic E-state index is 13.5. The van der Waals surface area contributed by atoms with E-state index in [1.165, 1.54) is 11.6 Å². The topological polar surface area (TPSA) is 60.9 Å². The van der Waals surface area contributed by atoms with Gasteiger partial charge in [0.25, 0.3) is 0 Å². The predicted molar refractivity (Wildman–Crippen MR) is 116 cm³/mol. The van der Waals surface area contributed by atoms with E-state index in [-0.39, 0.29) is 31.0 Å². The quantitative estimate of drug-likeness (QED) is 0.619. The molecule has 1 amide bonds. The number of halogens is 2. The van der Waals surface area contributed by atoms with E-state index in [4.69, 9.17) is 0 Å². The number of piperazine rings is 1. The first kappa shape index (κ1) is 23.1. The molecule has 3 rings (SSSR count). The third kappa shape index (κ3) is 6.48. The van der Waals surface area contributed by atoms with Gasteiger partial charge in [0.1, 0.15) is 0 Å². The zero-order chi connectivity index (χ0) is 22.4. The lowest BCUT2D eigenvalue weighted by atomic mass is 10.2. The third-order valence-corrected chi connectivity index (χ3v) is 6.51. The van der Waals surface area contributed by atoms with Crippen LogP contribution in [-0.2, 0) is 21.4 Å². The summed E-state index contributed by atoms with van der Waals surface area (Å²) in [5.74, 6) is -2.19. The highest BCUT2D eigenvalue weighted by molar-refractivity contribution is 7.92. The van der Waals surface area contributed by atoms with Crippen LogP contribution < -0.4 is 4.31 Å². The minimum Gasteiger partial charge on any atom is -0.340 e. The standard InChI is InChI=1S/C22H27F2N3O3S/c1-31(29,30)27(19-9-10-20(23)21(24)16-19)11-5-8-22(28)26-14-12-25(13-15-26)17-18-6-3-2-4-7-18/h2-4,6-7,9-10,16H,5,8,11-15,17H2,1H3. The number of carbonyl (C=O) groups excluding carboxylic acids is 1. The van der Waals surface area contributed by atoms with Crippen LogP contribution >= 0.6 is 0 Å². The van der Waals surface area contributed by atoms with Crippen molar-refractivity contribution in [2.75, 3.05) is 43.3 Å². The number of hydrogen-bond donors (Lipinski definition) is 0. The molecule has 168 valence electrons. The second-order valence-corrected chi connectivity index (χ2v) is 9.59. The van der Waals surface area contributed by atoms with Crippen LogP contribution in [0.25, 0.3) is 0 Å². The summed E-state index contributed by atoms with van der Waals surface area (Å²) in [4.78, 5) is 16.7. The largest absolute Gasteiger partial charge is 0.340 e. The van der Waals surface area contributed by atoms with Crippen molar-refractivity contribution >= 4 is 21.6 Å². The molecule has 2 aromatic carbocycles. The minimum absolute atomic E-state index is 0.0175. The van der Waals surface area contributed by atoms with Gasteiger partial charge in [-0.2, -0.15) is 0 Å². The van der Waals surface area contributed by atoms with Crippen molar-refractivity contribution in [3.8, 4) is 0 Å². The number of anilines is 1. The molecule has 1 fully saturated rings. The van der Waals surface area contributed by atoms with Crippen molar-refractivity contribution in [1.29, 1.82) is 0 Å². The Morgan fingerprint density at radius 3 is 2.29 bits per heavy atom. The maximum Gasteiger partial charge on any atom is 0.232 e. The van der Waals surface area contributed by atoms with Crippen LogP contribution in [-0.4, -0.2) is 63.1 Å². The van der Waals surface area contributed by atoms with E-state index in [0.29, 0.717) is 13.1 Å². The van der Waals surface area contributed by atoms with Gasteiger partial charge in [-0.05, 0) is 24.1 Å². The molecule has 1 heterocycles. The van der Waals surface area contributed by atoms with Crippen molar-refractivity contribution in [3.05, 3.63) is 65.7 Å². The molecule has 6 nitrogen and oxygen atoms in total. The molecule has 0 spiro atoms. The highest BCUT2D eigenvalue weighted by atomic mass is 32.2. The van der Waals surface area contributed by atoms with Gasteiger partial charge >= 0.3 is 0 Å². The van der Waals surface area contributed by atoms with E-state index in [0.717, 1.165) is 42.3 Å². The molecule has 0 saturated carbocycles. The van der Waals surface area contributed by atoms with E-state index < -0.39 is 21.7 Å². The summed E-state index contributed by atoms with van der Waals surface area (Å²) in [6.45, 7) is 3.69. The van der Waals surface area contributed by atoms with Crippen LogP contribution in [0, 0.1) is 11.6 Å². The molecular weight excluding hydrogens is 424 g/mol. The summed E-state index contributed by atoms with van der Waals surface area (Å²) in [7, 11) is -3.69. The predicted octanol–water partition coefficient (Wildman–Crippen LogP) is 2.86. The summed E-state index contributed by atoms with van der Waals surface area (Å²) >= 11 is 0. The lowest BCUT2D eigenvalue weighted by Crippen LogP contribution is -2.48. The highest BCUT2D eigenvalue weighted by Crippen LogP contribution is 2.21. The molecule has 0 aliphatic carbocycles. The smallest absolute Gasteiger partial charge is 0.232 e. The fraction of sp³-hybridized carbons (Fsp3) is 0.409. The Bertz CT molecular complexity index is 994. The molecule has 1 saturated heterocycles. The number of nitrogens with zero attached hydrogens (tertiary/aromatic N) is 3. The Morgan fingerprint density at radius 1 is 1.00 bits per heavy atom. The van der Waals surface area contributed by atoms with E-state index >= 15 is 0 Å². The van der Waals surface area contributed by atoms with Gasteiger partial charge in [-0.3, -0.25) is 14.0 Å². The van der Waals surface area contributed by atoms with Crippen LogP contribution in [0.4, 0.5) is 14.5 Å². The van der Waals surface area contributed by atoms with Crippen molar-refractivity contribution < 1.29 is 22.0 Å². The Balaban J connectivity index is 1.49. The minimum atomic E-state index is -3.69. The van der Waals surface area contributed by atoms with Gasteiger partial charge in [-0.1, -0.05) is 30.3 Å². The molecule has 1 aliphatic rings. The highest BCUT2D eigenvalue weighted by Gasteiger charge is 2.23. The molecule has 9 heteroatoms. The molecule has 0 radical (unpaired) electrons. The van der Waals surface area contributed by atoms with E-state index in [1.54, 1.807) is 4.90 Å². The molecule has 0 unspecified atom stereocenters. The normalized spacial score (nSPS) is 15.1. The average Bonchev–Trinajstić information content (AvgIpc) is 2.73. The number of carbonyl (C=O) groups is 1.